The first-order valence-electron chi connectivity index (χ1n) is 8.69. The van der Waals surface area contributed by atoms with Gasteiger partial charge in [0.15, 0.2) is 0 Å². The number of nitrogens with two attached hydrogens (primary N) is 1. The van der Waals surface area contributed by atoms with Crippen molar-refractivity contribution < 1.29 is 9.53 Å². The zero-order valence-electron chi connectivity index (χ0n) is 13.9. The maximum absolute atomic E-state index is 12.6. The maximum atomic E-state index is 12.6. The van der Waals surface area contributed by atoms with Gasteiger partial charge < -0.3 is 15.8 Å². The van der Waals surface area contributed by atoms with E-state index in [-0.39, 0.29) is 29.5 Å². The highest BCUT2D eigenvalue weighted by atomic mass is 16.5. The Hall–Kier alpha value is -0.610. The van der Waals surface area contributed by atoms with E-state index in [2.05, 4.69) is 26.1 Å². The molecule has 122 valence electrons. The Kier molecular flexibility index (Phi) is 5.67. The summed E-state index contributed by atoms with van der Waals surface area (Å²) in [6.07, 6.45) is 6.86. The highest BCUT2D eigenvalue weighted by molar-refractivity contribution is 5.79. The first kappa shape index (κ1) is 16.8. The molecule has 0 aromatic rings. The zero-order valence-corrected chi connectivity index (χ0v) is 13.9. The van der Waals surface area contributed by atoms with Crippen molar-refractivity contribution in [2.75, 3.05) is 6.61 Å². The fourth-order valence-electron chi connectivity index (χ4n) is 3.92. The van der Waals surface area contributed by atoms with Gasteiger partial charge in [-0.1, -0.05) is 20.8 Å². The van der Waals surface area contributed by atoms with E-state index in [4.69, 9.17) is 10.5 Å². The lowest BCUT2D eigenvalue weighted by Crippen LogP contribution is -2.51. The first-order chi connectivity index (χ1) is 9.99. The minimum Gasteiger partial charge on any atom is -0.375 e. The SMILES string of the molecule is CCC1(CC)CC(NC(=O)C2CC(N)CCC2C)CCO1. The van der Waals surface area contributed by atoms with E-state index in [9.17, 15) is 4.79 Å². The third-order valence-electron chi connectivity index (χ3n) is 5.70. The van der Waals surface area contributed by atoms with Gasteiger partial charge in [0.25, 0.3) is 0 Å². The minimum atomic E-state index is -0.0369. The van der Waals surface area contributed by atoms with Crippen LogP contribution in [0.3, 0.4) is 0 Å². The van der Waals surface area contributed by atoms with E-state index in [0.29, 0.717) is 5.92 Å². The normalized spacial score (nSPS) is 36.2. The topological polar surface area (TPSA) is 64.4 Å². The summed E-state index contributed by atoms with van der Waals surface area (Å²) in [4.78, 5) is 12.6. The second kappa shape index (κ2) is 7.10. The van der Waals surface area contributed by atoms with E-state index in [1.807, 2.05) is 0 Å². The first-order valence-corrected chi connectivity index (χ1v) is 8.69. The van der Waals surface area contributed by atoms with Gasteiger partial charge in [-0.25, -0.2) is 0 Å². The van der Waals surface area contributed by atoms with E-state index in [0.717, 1.165) is 51.6 Å². The van der Waals surface area contributed by atoms with Crippen molar-refractivity contribution >= 4 is 5.91 Å². The van der Waals surface area contributed by atoms with Crippen molar-refractivity contribution in [3.63, 3.8) is 0 Å². The monoisotopic (exact) mass is 296 g/mol. The number of nitrogens with one attached hydrogen (secondary N) is 1. The fourth-order valence-corrected chi connectivity index (χ4v) is 3.92. The van der Waals surface area contributed by atoms with Gasteiger partial charge in [-0.15, -0.1) is 0 Å². The Labute approximate surface area is 129 Å². The summed E-state index contributed by atoms with van der Waals surface area (Å²) in [5.74, 6) is 0.756. The average Bonchev–Trinajstić information content (AvgIpc) is 2.49. The number of carbonyl (C=O) groups is 1. The summed E-state index contributed by atoms with van der Waals surface area (Å²) >= 11 is 0. The number of hydrogen-bond donors (Lipinski definition) is 2. The number of amides is 1. The van der Waals surface area contributed by atoms with Crippen LogP contribution in [0.4, 0.5) is 0 Å². The summed E-state index contributed by atoms with van der Waals surface area (Å²) in [7, 11) is 0. The predicted octanol–water partition coefficient (Wildman–Crippen LogP) is 2.60. The van der Waals surface area contributed by atoms with Gasteiger partial charge in [0.05, 0.1) is 5.60 Å². The molecule has 4 atom stereocenters. The second-order valence-electron chi connectivity index (χ2n) is 7.09. The van der Waals surface area contributed by atoms with Crippen LogP contribution in [0.15, 0.2) is 0 Å². The Morgan fingerprint density at radius 3 is 2.67 bits per heavy atom. The summed E-state index contributed by atoms with van der Waals surface area (Å²) in [5.41, 5.74) is 6.01. The molecule has 4 nitrogen and oxygen atoms in total. The third-order valence-corrected chi connectivity index (χ3v) is 5.70. The molecule has 1 aliphatic carbocycles. The molecule has 0 aromatic carbocycles. The number of ether oxygens (including phenoxy) is 1. The van der Waals surface area contributed by atoms with E-state index < -0.39 is 0 Å². The molecule has 1 saturated carbocycles. The van der Waals surface area contributed by atoms with Crippen molar-refractivity contribution in [1.82, 2.24) is 5.32 Å². The Morgan fingerprint density at radius 2 is 2.00 bits per heavy atom. The van der Waals surface area contributed by atoms with Crippen LogP contribution >= 0.6 is 0 Å². The summed E-state index contributed by atoms with van der Waals surface area (Å²) in [6.45, 7) is 7.29. The van der Waals surface area contributed by atoms with Crippen molar-refractivity contribution in [2.45, 2.75) is 83.4 Å². The zero-order chi connectivity index (χ0) is 15.5. The van der Waals surface area contributed by atoms with Crippen LogP contribution in [0.1, 0.15) is 65.7 Å². The maximum Gasteiger partial charge on any atom is 0.223 e. The molecular formula is C17H32N2O2. The number of hydrogen-bond acceptors (Lipinski definition) is 3. The molecular weight excluding hydrogens is 264 g/mol. The molecule has 1 aliphatic heterocycles. The van der Waals surface area contributed by atoms with Crippen LogP contribution in [0, 0.1) is 11.8 Å². The van der Waals surface area contributed by atoms with Crippen LogP contribution in [-0.2, 0) is 9.53 Å². The molecule has 2 rings (SSSR count). The lowest BCUT2D eigenvalue weighted by Gasteiger charge is -2.41. The smallest absolute Gasteiger partial charge is 0.223 e. The predicted molar refractivity (Wildman–Crippen MR) is 84.9 cm³/mol. The largest absolute Gasteiger partial charge is 0.375 e. The van der Waals surface area contributed by atoms with Crippen molar-refractivity contribution in [1.29, 1.82) is 0 Å². The summed E-state index contributed by atoms with van der Waals surface area (Å²) in [6, 6.07) is 0.452. The van der Waals surface area contributed by atoms with Gasteiger partial charge in [-0.2, -0.15) is 0 Å². The van der Waals surface area contributed by atoms with E-state index in [1.165, 1.54) is 0 Å². The van der Waals surface area contributed by atoms with Crippen LogP contribution < -0.4 is 11.1 Å². The highest BCUT2D eigenvalue weighted by Crippen LogP contribution is 2.33. The second-order valence-corrected chi connectivity index (χ2v) is 7.09. The van der Waals surface area contributed by atoms with Crippen molar-refractivity contribution in [2.24, 2.45) is 17.6 Å². The van der Waals surface area contributed by atoms with Gasteiger partial charge in [-0.3, -0.25) is 4.79 Å². The van der Waals surface area contributed by atoms with Crippen LogP contribution in [0.5, 0.6) is 0 Å². The molecule has 21 heavy (non-hydrogen) atoms. The third kappa shape index (κ3) is 3.98. The Bertz CT molecular complexity index is 355. The molecule has 0 spiro atoms. The molecule has 2 fully saturated rings. The fraction of sp³-hybridized carbons (Fsp3) is 0.941. The molecule has 1 heterocycles. The molecule has 0 bridgehead atoms. The Balaban J connectivity index is 1.92. The molecule has 0 radical (unpaired) electrons. The standard InChI is InChI=1S/C17H32N2O2/c1-4-17(5-2)11-14(8-9-21-17)19-16(20)15-10-13(18)7-6-12(15)3/h12-15H,4-11,18H2,1-3H3,(H,19,20). The molecule has 1 amide bonds. The van der Waals surface area contributed by atoms with E-state index >= 15 is 0 Å². The average molecular weight is 296 g/mol. The lowest BCUT2D eigenvalue weighted by atomic mass is 9.77. The number of rotatable bonds is 4. The molecule has 0 aromatic heterocycles. The van der Waals surface area contributed by atoms with Crippen LogP contribution in [-0.4, -0.2) is 30.2 Å². The lowest BCUT2D eigenvalue weighted by molar-refractivity contribution is -0.132. The molecule has 1 saturated heterocycles. The van der Waals surface area contributed by atoms with Gasteiger partial charge in [0.1, 0.15) is 0 Å². The molecule has 2 aliphatic rings. The quantitative estimate of drug-likeness (QED) is 0.838. The minimum absolute atomic E-state index is 0.0369. The van der Waals surface area contributed by atoms with Gasteiger partial charge >= 0.3 is 0 Å². The molecule has 4 unspecified atom stereocenters. The van der Waals surface area contributed by atoms with Gasteiger partial charge in [0.2, 0.25) is 5.91 Å². The summed E-state index contributed by atoms with van der Waals surface area (Å²) in [5, 5.41) is 3.29. The highest BCUT2D eigenvalue weighted by Gasteiger charge is 2.37. The molecule has 3 N–H and O–H groups in total. The van der Waals surface area contributed by atoms with Gasteiger partial charge in [-0.05, 0) is 50.9 Å². The summed E-state index contributed by atoms with van der Waals surface area (Å²) < 4.78 is 5.99. The number of carbonyl (C=O) groups excluding carboxylic acids is 1. The van der Waals surface area contributed by atoms with Crippen molar-refractivity contribution in [3.8, 4) is 0 Å². The van der Waals surface area contributed by atoms with Crippen molar-refractivity contribution in [3.05, 3.63) is 0 Å². The van der Waals surface area contributed by atoms with Gasteiger partial charge in [0, 0.05) is 24.6 Å². The molecule has 4 heteroatoms. The Morgan fingerprint density at radius 1 is 1.29 bits per heavy atom. The van der Waals surface area contributed by atoms with E-state index in [1.54, 1.807) is 0 Å². The van der Waals surface area contributed by atoms with Crippen LogP contribution in [0.2, 0.25) is 0 Å². The van der Waals surface area contributed by atoms with Crippen LogP contribution in [0.25, 0.3) is 0 Å².